The summed E-state index contributed by atoms with van der Waals surface area (Å²) in [5.74, 6) is -5.85. The second-order valence-corrected chi connectivity index (χ2v) is 18.3. The molecule has 0 aromatic heterocycles. The van der Waals surface area contributed by atoms with Gasteiger partial charge in [-0.2, -0.15) is 0 Å². The lowest BCUT2D eigenvalue weighted by molar-refractivity contribution is -0.348. The number of benzene rings is 3. The molecule has 18 nitrogen and oxygen atoms in total. The average molecular weight is 963 g/mol. The highest BCUT2D eigenvalue weighted by atomic mass is 16.8. The molecule has 4 aliphatic rings. The van der Waals surface area contributed by atoms with E-state index in [-0.39, 0.29) is 41.9 Å². The number of hydrogen-bond donors (Lipinski definition) is 4. The average Bonchev–Trinajstić information content (AvgIpc) is 3.37. The smallest absolute Gasteiger partial charge is 0.338 e. The minimum Gasteiger partial charge on any atom is -0.479 e. The number of carboxylic acids is 1. The number of methoxy groups -OCH3 is 1. The van der Waals surface area contributed by atoms with Crippen LogP contribution >= 0.6 is 0 Å². The van der Waals surface area contributed by atoms with Gasteiger partial charge in [0.15, 0.2) is 30.9 Å². The summed E-state index contributed by atoms with van der Waals surface area (Å²) in [5.41, 5.74) is 0.373. The molecule has 18 heteroatoms. The van der Waals surface area contributed by atoms with Crippen molar-refractivity contribution in [3.63, 3.8) is 0 Å². The summed E-state index contributed by atoms with van der Waals surface area (Å²) >= 11 is 0. The van der Waals surface area contributed by atoms with Crippen LogP contribution in [-0.4, -0.2) is 144 Å². The summed E-state index contributed by atoms with van der Waals surface area (Å²) in [6, 6.07) is 23.9. The van der Waals surface area contributed by atoms with Gasteiger partial charge in [0.05, 0.1) is 48.0 Å². The number of aliphatic hydroxyl groups excluding tert-OH is 3. The van der Waals surface area contributed by atoms with Crippen LogP contribution in [0.1, 0.15) is 96.3 Å². The van der Waals surface area contributed by atoms with Gasteiger partial charge in [-0.3, -0.25) is 4.79 Å². The fourth-order valence-corrected chi connectivity index (χ4v) is 9.65. The molecule has 3 aromatic carbocycles. The van der Waals surface area contributed by atoms with Crippen molar-refractivity contribution in [2.24, 2.45) is 17.8 Å². The van der Waals surface area contributed by atoms with Crippen molar-refractivity contribution in [2.45, 2.75) is 145 Å². The van der Waals surface area contributed by atoms with E-state index in [1.54, 1.807) is 61.5 Å². The monoisotopic (exact) mass is 962 g/mol. The van der Waals surface area contributed by atoms with Crippen molar-refractivity contribution in [1.82, 2.24) is 0 Å². The van der Waals surface area contributed by atoms with Gasteiger partial charge in [-0.15, -0.1) is 0 Å². The Bertz CT molecular complexity index is 2150. The van der Waals surface area contributed by atoms with Crippen LogP contribution in [0.2, 0.25) is 0 Å². The number of carboxylic acid groups (broad SMARTS) is 1. The number of carbonyl (C=O) groups is 5. The Labute approximate surface area is 400 Å². The van der Waals surface area contributed by atoms with Gasteiger partial charge in [-0.25, -0.2) is 19.2 Å². The van der Waals surface area contributed by atoms with Gasteiger partial charge in [0, 0.05) is 0 Å². The molecule has 15 atom stereocenters. The van der Waals surface area contributed by atoms with E-state index in [0.717, 1.165) is 32.1 Å². The molecule has 2 aliphatic carbocycles. The largest absolute Gasteiger partial charge is 0.479 e. The molecule has 0 radical (unpaired) electrons. The number of carbonyl (C=O) groups excluding carboxylic acids is 4. The molecule has 0 bridgehead atoms. The van der Waals surface area contributed by atoms with Crippen LogP contribution in [0.15, 0.2) is 91.0 Å². The summed E-state index contributed by atoms with van der Waals surface area (Å²) in [4.78, 5) is 68.5. The van der Waals surface area contributed by atoms with Gasteiger partial charge in [0.1, 0.15) is 37.1 Å². The van der Waals surface area contributed by atoms with E-state index in [1.165, 1.54) is 50.4 Å². The molecule has 2 heterocycles. The van der Waals surface area contributed by atoms with E-state index in [1.807, 2.05) is 0 Å². The second kappa shape index (κ2) is 24.0. The lowest BCUT2D eigenvalue weighted by Crippen LogP contribution is -2.65. The molecule has 69 heavy (non-hydrogen) atoms. The highest BCUT2D eigenvalue weighted by Gasteiger charge is 2.56. The predicted molar refractivity (Wildman–Crippen MR) is 240 cm³/mol. The molecule has 4 N–H and O–H groups in total. The van der Waals surface area contributed by atoms with Crippen LogP contribution in [0.3, 0.4) is 0 Å². The zero-order chi connectivity index (χ0) is 49.2. The summed E-state index contributed by atoms with van der Waals surface area (Å²) in [6.45, 7) is 2.63. The van der Waals surface area contributed by atoms with Gasteiger partial charge >= 0.3 is 29.8 Å². The fraction of sp³-hybridized carbons (Fsp3) is 0.549. The lowest BCUT2D eigenvalue weighted by atomic mass is 9.78. The Morgan fingerprint density at radius 1 is 0.638 bits per heavy atom. The Kier molecular flexibility index (Phi) is 17.9. The Hall–Kier alpha value is -5.31. The molecule has 2 saturated heterocycles. The van der Waals surface area contributed by atoms with Gasteiger partial charge in [0.25, 0.3) is 0 Å². The van der Waals surface area contributed by atoms with Crippen LogP contribution in [0.4, 0.5) is 0 Å². The van der Waals surface area contributed by atoms with E-state index in [9.17, 15) is 44.4 Å². The first-order valence-corrected chi connectivity index (χ1v) is 23.6. The fourth-order valence-electron chi connectivity index (χ4n) is 9.65. The highest BCUT2D eigenvalue weighted by Crippen LogP contribution is 2.40. The molecule has 14 unspecified atom stereocenters. The zero-order valence-electron chi connectivity index (χ0n) is 38.8. The molecule has 374 valence electrons. The topological polar surface area (TPSA) is 249 Å². The predicted octanol–water partition coefficient (Wildman–Crippen LogP) is 4.65. The van der Waals surface area contributed by atoms with E-state index >= 15 is 0 Å². The van der Waals surface area contributed by atoms with Gasteiger partial charge in [-0.1, -0.05) is 93.6 Å². The van der Waals surface area contributed by atoms with E-state index in [2.05, 4.69) is 0 Å². The second-order valence-electron chi connectivity index (χ2n) is 18.3. The molecule has 3 aromatic rings. The maximum absolute atomic E-state index is 14.3. The van der Waals surface area contributed by atoms with Crippen LogP contribution in [0, 0.1) is 17.8 Å². The van der Waals surface area contributed by atoms with Gasteiger partial charge in [-0.05, 0) is 74.4 Å². The van der Waals surface area contributed by atoms with Gasteiger partial charge < -0.3 is 63.1 Å². The summed E-state index contributed by atoms with van der Waals surface area (Å²) < 4.78 is 55.8. The minimum atomic E-state index is -1.76. The quantitative estimate of drug-likeness (QED) is 0.106. The van der Waals surface area contributed by atoms with E-state index < -0.39 is 128 Å². The molecule has 2 aliphatic heterocycles. The van der Waals surface area contributed by atoms with Crippen LogP contribution in [0.25, 0.3) is 0 Å². The normalized spacial score (nSPS) is 32.2. The van der Waals surface area contributed by atoms with Crippen LogP contribution in [0.5, 0.6) is 0 Å². The summed E-state index contributed by atoms with van der Waals surface area (Å²) in [7, 11) is 1.24. The maximum atomic E-state index is 14.3. The van der Waals surface area contributed by atoms with Crippen molar-refractivity contribution in [2.75, 3.05) is 13.7 Å². The molecule has 2 saturated carbocycles. The SMILES string of the molecule is COC(=O)C1CC(C)C(OC2OC(C)C(O)C(O)C2O)C(OC2OC(COC(=O)c3ccccc3)C(OC(=O)c3ccccc3)C(O[C@@H](CC3CCCCC3)C(=O)O)C2OC(=O)c2ccccc2)C1. The minimum absolute atomic E-state index is 0.0402. The Morgan fingerprint density at radius 2 is 1.20 bits per heavy atom. The Balaban J connectivity index is 1.33. The number of aliphatic hydroxyl groups is 3. The standard InChI is InChI=1S/C51H62O18/c1-28-24-34(46(57)61-3)26-35(41(28)69-50-40(54)39(53)38(52)29(2)63-50)65-51-44(68-49(60)33-22-14-7-15-23-33)43(64-36(45(55)56)25-30-16-8-4-9-17-30)42(67-48(59)32-20-12-6-13-21-32)37(66-51)27-62-47(58)31-18-10-5-11-19-31/h5-7,10-15,18-23,28-30,34-44,50-54H,4,8-9,16-17,24-27H2,1-3H3,(H,55,56)/t28?,29?,34?,35?,36-,37?,38?,39?,40?,41?,42?,43?,44?,50?,51?/m0/s1. The molecular formula is C51H62O18. The third-order valence-corrected chi connectivity index (χ3v) is 13.4. The number of rotatable bonds is 17. The zero-order valence-corrected chi connectivity index (χ0v) is 38.8. The number of aliphatic carboxylic acids is 1. The highest BCUT2D eigenvalue weighted by molar-refractivity contribution is 5.90. The van der Waals surface area contributed by atoms with E-state index in [4.69, 9.17) is 42.6 Å². The lowest BCUT2D eigenvalue weighted by Gasteiger charge is -2.49. The third-order valence-electron chi connectivity index (χ3n) is 13.4. The number of esters is 4. The summed E-state index contributed by atoms with van der Waals surface area (Å²) in [6.07, 6.45) is -14.9. The van der Waals surface area contributed by atoms with E-state index in [0.29, 0.717) is 0 Å². The van der Waals surface area contributed by atoms with Crippen LogP contribution in [-0.2, 0) is 52.2 Å². The first-order chi connectivity index (χ1) is 33.2. The van der Waals surface area contributed by atoms with Crippen molar-refractivity contribution in [3.8, 4) is 0 Å². The van der Waals surface area contributed by atoms with Crippen molar-refractivity contribution in [1.29, 1.82) is 0 Å². The number of hydrogen-bond acceptors (Lipinski definition) is 17. The Morgan fingerprint density at radius 3 is 1.77 bits per heavy atom. The first-order valence-electron chi connectivity index (χ1n) is 23.6. The third kappa shape index (κ3) is 12.9. The maximum Gasteiger partial charge on any atom is 0.338 e. The van der Waals surface area contributed by atoms with Crippen LogP contribution < -0.4 is 0 Å². The molecule has 0 amide bonds. The number of ether oxygens (including phenoxy) is 9. The first kappa shape index (κ1) is 51.5. The van der Waals surface area contributed by atoms with Crippen molar-refractivity contribution >= 4 is 29.8 Å². The molecular weight excluding hydrogens is 901 g/mol. The molecule has 0 spiro atoms. The van der Waals surface area contributed by atoms with Gasteiger partial charge in [0.2, 0.25) is 0 Å². The van der Waals surface area contributed by atoms with Crippen molar-refractivity contribution in [3.05, 3.63) is 108 Å². The molecule has 7 rings (SSSR count). The summed E-state index contributed by atoms with van der Waals surface area (Å²) in [5, 5.41) is 43.0. The van der Waals surface area contributed by atoms with Crippen molar-refractivity contribution < 1.29 is 87.0 Å². The molecule has 4 fully saturated rings.